The van der Waals surface area contributed by atoms with Gasteiger partial charge < -0.3 is 4.74 Å². The number of nitro groups is 1. The van der Waals surface area contributed by atoms with Gasteiger partial charge in [0.1, 0.15) is 11.8 Å². The Balaban J connectivity index is 3.20. The van der Waals surface area contributed by atoms with E-state index >= 15 is 0 Å². The van der Waals surface area contributed by atoms with Gasteiger partial charge in [-0.25, -0.2) is 4.98 Å². The molecule has 1 heterocycles. The lowest BCUT2D eigenvalue weighted by molar-refractivity contribution is -0.388. The van der Waals surface area contributed by atoms with E-state index < -0.39 is 22.7 Å². The molecule has 1 aromatic rings. The molecule has 0 bridgehead atoms. The van der Waals surface area contributed by atoms with E-state index in [1.807, 2.05) is 0 Å². The van der Waals surface area contributed by atoms with E-state index in [0.29, 0.717) is 12.3 Å². The van der Waals surface area contributed by atoms with E-state index in [0.717, 1.165) is 0 Å². The number of ether oxygens (including phenoxy) is 1. The van der Waals surface area contributed by atoms with Crippen LogP contribution >= 0.6 is 0 Å². The standard InChI is InChI=1S/C7H2F3N3O3/c8-7(9,10)16-6-3-12-4(2-11)1-5(6)13(14)15/h1,3H. The normalized spacial score (nSPS) is 10.6. The fourth-order valence-electron chi connectivity index (χ4n) is 0.839. The summed E-state index contributed by atoms with van der Waals surface area (Å²) in [4.78, 5) is 12.5. The van der Waals surface area contributed by atoms with Crippen molar-refractivity contribution in [2.75, 3.05) is 0 Å². The molecule has 0 aliphatic heterocycles. The Labute approximate surface area is 86.0 Å². The van der Waals surface area contributed by atoms with Crippen molar-refractivity contribution < 1.29 is 22.8 Å². The fraction of sp³-hybridized carbons (Fsp3) is 0.143. The topological polar surface area (TPSA) is 89.0 Å². The SMILES string of the molecule is N#Cc1cc([N+](=O)[O-])c(OC(F)(F)F)cn1. The van der Waals surface area contributed by atoms with Gasteiger partial charge in [0, 0.05) is 0 Å². The second-order valence-electron chi connectivity index (χ2n) is 2.45. The van der Waals surface area contributed by atoms with E-state index in [1.165, 1.54) is 6.07 Å². The summed E-state index contributed by atoms with van der Waals surface area (Å²) in [5.41, 5.74) is -1.34. The van der Waals surface area contributed by atoms with Crippen molar-refractivity contribution in [3.63, 3.8) is 0 Å². The number of alkyl halides is 3. The number of hydrogen-bond donors (Lipinski definition) is 0. The number of nitriles is 1. The molecule has 0 saturated heterocycles. The minimum absolute atomic E-state index is 0.374. The second-order valence-corrected chi connectivity index (χ2v) is 2.45. The number of halogens is 3. The summed E-state index contributed by atoms with van der Waals surface area (Å²) in [6, 6.07) is 2.06. The molecule has 0 spiro atoms. The Morgan fingerprint density at radius 1 is 1.56 bits per heavy atom. The van der Waals surface area contributed by atoms with Crippen LogP contribution in [0.5, 0.6) is 5.75 Å². The van der Waals surface area contributed by atoms with Crippen LogP contribution in [0, 0.1) is 21.4 Å². The molecule has 6 nitrogen and oxygen atoms in total. The maximum Gasteiger partial charge on any atom is 0.573 e. The molecule has 0 atom stereocenters. The molecule has 0 saturated carbocycles. The fourth-order valence-corrected chi connectivity index (χ4v) is 0.839. The van der Waals surface area contributed by atoms with Crippen LogP contribution in [0.2, 0.25) is 0 Å². The van der Waals surface area contributed by atoms with Gasteiger partial charge in [-0.05, 0) is 0 Å². The summed E-state index contributed by atoms with van der Waals surface area (Å²) in [5, 5.41) is 18.8. The molecule has 0 unspecified atom stereocenters. The Hall–Kier alpha value is -2.37. The summed E-state index contributed by atoms with van der Waals surface area (Å²) in [6.07, 6.45) is -4.58. The summed E-state index contributed by atoms with van der Waals surface area (Å²) >= 11 is 0. The average molecular weight is 233 g/mol. The minimum atomic E-state index is -5.05. The van der Waals surface area contributed by atoms with Gasteiger partial charge in [0.2, 0.25) is 5.75 Å². The molecular formula is C7H2F3N3O3. The van der Waals surface area contributed by atoms with Crippen LogP contribution in [0.25, 0.3) is 0 Å². The highest BCUT2D eigenvalue weighted by Gasteiger charge is 2.34. The number of pyridine rings is 1. The lowest BCUT2D eigenvalue weighted by Crippen LogP contribution is -2.18. The third-order valence-corrected chi connectivity index (χ3v) is 1.38. The predicted octanol–water partition coefficient (Wildman–Crippen LogP) is 1.76. The van der Waals surface area contributed by atoms with Crippen molar-refractivity contribution in [1.82, 2.24) is 4.98 Å². The van der Waals surface area contributed by atoms with Crippen LogP contribution < -0.4 is 4.74 Å². The molecule has 0 aromatic carbocycles. The highest BCUT2D eigenvalue weighted by Crippen LogP contribution is 2.31. The molecule has 0 aliphatic rings. The Morgan fingerprint density at radius 3 is 2.62 bits per heavy atom. The number of rotatable bonds is 2. The molecule has 0 aliphatic carbocycles. The zero-order valence-corrected chi connectivity index (χ0v) is 7.35. The summed E-state index contributed by atoms with van der Waals surface area (Å²) in [5.74, 6) is -1.06. The molecule has 0 radical (unpaired) electrons. The monoisotopic (exact) mass is 233 g/mol. The first-order valence-electron chi connectivity index (χ1n) is 3.64. The van der Waals surface area contributed by atoms with Gasteiger partial charge in [-0.3, -0.25) is 10.1 Å². The summed E-state index contributed by atoms with van der Waals surface area (Å²) in [7, 11) is 0. The Morgan fingerprint density at radius 2 is 2.19 bits per heavy atom. The lowest BCUT2D eigenvalue weighted by atomic mass is 10.3. The molecule has 9 heteroatoms. The first-order valence-corrected chi connectivity index (χ1v) is 3.64. The van der Waals surface area contributed by atoms with Crippen LogP contribution in [-0.4, -0.2) is 16.3 Å². The molecule has 0 amide bonds. The van der Waals surface area contributed by atoms with E-state index in [2.05, 4.69) is 9.72 Å². The highest BCUT2D eigenvalue weighted by atomic mass is 19.4. The van der Waals surface area contributed by atoms with Crippen molar-refractivity contribution >= 4 is 5.69 Å². The van der Waals surface area contributed by atoms with E-state index in [9.17, 15) is 23.3 Å². The molecule has 1 aromatic heterocycles. The van der Waals surface area contributed by atoms with Crippen LogP contribution in [0.4, 0.5) is 18.9 Å². The maximum atomic E-state index is 11.8. The third-order valence-electron chi connectivity index (χ3n) is 1.38. The van der Waals surface area contributed by atoms with Gasteiger partial charge in [-0.2, -0.15) is 5.26 Å². The van der Waals surface area contributed by atoms with Crippen LogP contribution in [0.3, 0.4) is 0 Å². The van der Waals surface area contributed by atoms with E-state index in [4.69, 9.17) is 5.26 Å². The predicted molar refractivity (Wildman–Crippen MR) is 42.3 cm³/mol. The third kappa shape index (κ3) is 2.81. The van der Waals surface area contributed by atoms with Crippen LogP contribution in [-0.2, 0) is 0 Å². The van der Waals surface area contributed by atoms with Gasteiger partial charge in [0.05, 0.1) is 17.2 Å². The van der Waals surface area contributed by atoms with E-state index in [1.54, 1.807) is 0 Å². The first kappa shape index (κ1) is 11.7. The zero-order valence-electron chi connectivity index (χ0n) is 7.35. The molecule has 16 heavy (non-hydrogen) atoms. The molecular weight excluding hydrogens is 231 g/mol. The van der Waals surface area contributed by atoms with Gasteiger partial charge in [0.15, 0.2) is 0 Å². The average Bonchev–Trinajstić information content (AvgIpc) is 2.15. The second kappa shape index (κ2) is 4.01. The van der Waals surface area contributed by atoms with Gasteiger partial charge >= 0.3 is 12.0 Å². The van der Waals surface area contributed by atoms with Crippen LogP contribution in [0.1, 0.15) is 5.69 Å². The summed E-state index contributed by atoms with van der Waals surface area (Å²) < 4.78 is 38.9. The first-order chi connectivity index (χ1) is 7.33. The van der Waals surface area contributed by atoms with Crippen molar-refractivity contribution in [3.05, 3.63) is 28.1 Å². The molecule has 0 fully saturated rings. The van der Waals surface area contributed by atoms with Gasteiger partial charge in [0.25, 0.3) is 0 Å². The van der Waals surface area contributed by atoms with Crippen molar-refractivity contribution in [2.45, 2.75) is 6.36 Å². The van der Waals surface area contributed by atoms with Gasteiger partial charge in [-0.1, -0.05) is 0 Å². The largest absolute Gasteiger partial charge is 0.573 e. The maximum absolute atomic E-state index is 11.8. The minimum Gasteiger partial charge on any atom is -0.397 e. The van der Waals surface area contributed by atoms with Crippen LogP contribution in [0.15, 0.2) is 12.3 Å². The van der Waals surface area contributed by atoms with Crippen molar-refractivity contribution in [2.24, 2.45) is 0 Å². The number of aromatic nitrogens is 1. The number of hydrogen-bond acceptors (Lipinski definition) is 5. The summed E-state index contributed by atoms with van der Waals surface area (Å²) in [6.45, 7) is 0. The van der Waals surface area contributed by atoms with Crippen molar-refractivity contribution in [1.29, 1.82) is 5.26 Å². The zero-order chi connectivity index (χ0) is 12.3. The highest BCUT2D eigenvalue weighted by molar-refractivity contribution is 5.47. The van der Waals surface area contributed by atoms with Gasteiger partial charge in [-0.15, -0.1) is 13.2 Å². The Bertz CT molecular complexity index is 466. The molecule has 0 N–H and O–H groups in total. The van der Waals surface area contributed by atoms with E-state index in [-0.39, 0.29) is 5.69 Å². The molecule has 1 rings (SSSR count). The quantitative estimate of drug-likeness (QED) is 0.573. The Kier molecular flexibility index (Phi) is 2.94. The molecule has 84 valence electrons. The number of nitrogens with zero attached hydrogens (tertiary/aromatic N) is 3. The van der Waals surface area contributed by atoms with Crippen molar-refractivity contribution in [3.8, 4) is 11.8 Å². The lowest BCUT2D eigenvalue weighted by Gasteiger charge is -2.08. The smallest absolute Gasteiger partial charge is 0.397 e.